The number of hydrogen-bond donors (Lipinski definition) is 1. The molecule has 104 valence electrons. The molecule has 0 bridgehead atoms. The van der Waals surface area contributed by atoms with Crippen molar-refractivity contribution < 1.29 is 0 Å². The van der Waals surface area contributed by atoms with Gasteiger partial charge in [0.2, 0.25) is 0 Å². The molecule has 0 saturated heterocycles. The highest BCUT2D eigenvalue weighted by atomic mass is 32.1. The Labute approximate surface area is 119 Å². The molecular weight excluding hydrogens is 254 g/mol. The third kappa shape index (κ3) is 2.95. The van der Waals surface area contributed by atoms with Crippen LogP contribution >= 0.6 is 11.3 Å². The standard InChI is InChI=1S/C15H23N3S/c1-6-16-11(5)13(9(2)3)14-12-7-10(4)19-15(12)18-8-17-14/h7-9,11,13,16H,6H2,1-5H3. The molecule has 0 fully saturated rings. The third-order valence-electron chi connectivity index (χ3n) is 3.58. The van der Waals surface area contributed by atoms with Crippen molar-refractivity contribution in [2.45, 2.75) is 46.6 Å². The van der Waals surface area contributed by atoms with Gasteiger partial charge in [0.15, 0.2) is 0 Å². The van der Waals surface area contributed by atoms with Crippen molar-refractivity contribution in [1.29, 1.82) is 0 Å². The zero-order chi connectivity index (χ0) is 14.0. The fourth-order valence-corrected chi connectivity index (χ4v) is 3.69. The Bertz CT molecular complexity index is 547. The first kappa shape index (κ1) is 14.4. The van der Waals surface area contributed by atoms with Crippen molar-refractivity contribution in [1.82, 2.24) is 15.3 Å². The summed E-state index contributed by atoms with van der Waals surface area (Å²) in [6.45, 7) is 12.1. The topological polar surface area (TPSA) is 37.8 Å². The average Bonchev–Trinajstić information content (AvgIpc) is 2.70. The van der Waals surface area contributed by atoms with Crippen molar-refractivity contribution in [3.05, 3.63) is 23.0 Å². The number of fused-ring (bicyclic) bond motifs is 1. The first-order valence-corrected chi connectivity index (χ1v) is 7.80. The van der Waals surface area contributed by atoms with Gasteiger partial charge >= 0.3 is 0 Å². The van der Waals surface area contributed by atoms with Crippen LogP contribution in [0, 0.1) is 12.8 Å². The van der Waals surface area contributed by atoms with E-state index in [2.05, 4.69) is 56.0 Å². The molecule has 0 saturated carbocycles. The Morgan fingerprint density at radius 3 is 2.63 bits per heavy atom. The monoisotopic (exact) mass is 277 g/mol. The van der Waals surface area contributed by atoms with Gasteiger partial charge in [0, 0.05) is 22.2 Å². The van der Waals surface area contributed by atoms with E-state index in [-0.39, 0.29) is 0 Å². The Hall–Kier alpha value is -1.00. The summed E-state index contributed by atoms with van der Waals surface area (Å²) in [6.07, 6.45) is 1.71. The quantitative estimate of drug-likeness (QED) is 0.904. The highest BCUT2D eigenvalue weighted by Crippen LogP contribution is 2.34. The summed E-state index contributed by atoms with van der Waals surface area (Å²) in [7, 11) is 0. The summed E-state index contributed by atoms with van der Waals surface area (Å²) < 4.78 is 0. The SMILES string of the molecule is CCNC(C)C(c1ncnc2sc(C)cc12)C(C)C. The Morgan fingerprint density at radius 1 is 1.26 bits per heavy atom. The molecular formula is C15H23N3S. The maximum absolute atomic E-state index is 4.60. The van der Waals surface area contributed by atoms with E-state index < -0.39 is 0 Å². The maximum Gasteiger partial charge on any atom is 0.127 e. The smallest absolute Gasteiger partial charge is 0.127 e. The van der Waals surface area contributed by atoms with Crippen molar-refractivity contribution in [3.8, 4) is 0 Å². The molecule has 0 aliphatic heterocycles. The predicted octanol–water partition coefficient (Wildman–Crippen LogP) is 3.74. The molecule has 4 heteroatoms. The molecule has 2 aromatic rings. The molecule has 2 aromatic heterocycles. The molecule has 2 atom stereocenters. The lowest BCUT2D eigenvalue weighted by molar-refractivity contribution is 0.378. The van der Waals surface area contributed by atoms with E-state index in [1.54, 1.807) is 17.7 Å². The van der Waals surface area contributed by atoms with E-state index in [0.29, 0.717) is 17.9 Å². The zero-order valence-electron chi connectivity index (χ0n) is 12.4. The number of rotatable bonds is 5. The molecule has 0 amide bonds. The van der Waals surface area contributed by atoms with Gasteiger partial charge in [-0.1, -0.05) is 20.8 Å². The lowest BCUT2D eigenvalue weighted by Crippen LogP contribution is -2.35. The summed E-state index contributed by atoms with van der Waals surface area (Å²) in [6, 6.07) is 2.65. The zero-order valence-corrected chi connectivity index (χ0v) is 13.2. The van der Waals surface area contributed by atoms with Gasteiger partial charge in [0.05, 0.1) is 5.69 Å². The number of likely N-dealkylation sites (N-methyl/N-ethyl adjacent to an activating group) is 1. The second kappa shape index (κ2) is 5.97. The molecule has 0 aromatic carbocycles. The fraction of sp³-hybridized carbons (Fsp3) is 0.600. The van der Waals surface area contributed by atoms with Crippen LogP contribution < -0.4 is 5.32 Å². The minimum atomic E-state index is 0.416. The van der Waals surface area contributed by atoms with Gasteiger partial charge in [-0.25, -0.2) is 9.97 Å². The number of thiophene rings is 1. The average molecular weight is 277 g/mol. The minimum Gasteiger partial charge on any atom is -0.314 e. The van der Waals surface area contributed by atoms with Crippen molar-refractivity contribution in [2.75, 3.05) is 6.54 Å². The van der Waals surface area contributed by atoms with Crippen LogP contribution in [0.2, 0.25) is 0 Å². The highest BCUT2D eigenvalue weighted by Gasteiger charge is 2.26. The van der Waals surface area contributed by atoms with Crippen LogP contribution in [-0.2, 0) is 0 Å². The molecule has 19 heavy (non-hydrogen) atoms. The van der Waals surface area contributed by atoms with Crippen molar-refractivity contribution >= 4 is 21.6 Å². The highest BCUT2D eigenvalue weighted by molar-refractivity contribution is 7.18. The van der Waals surface area contributed by atoms with Crippen LogP contribution in [0.1, 0.15) is 44.2 Å². The molecule has 0 spiro atoms. The van der Waals surface area contributed by atoms with Gasteiger partial charge < -0.3 is 5.32 Å². The summed E-state index contributed by atoms with van der Waals surface area (Å²) in [5, 5.41) is 4.77. The minimum absolute atomic E-state index is 0.416. The molecule has 0 radical (unpaired) electrons. The van der Waals surface area contributed by atoms with E-state index >= 15 is 0 Å². The number of nitrogens with one attached hydrogen (secondary N) is 1. The molecule has 2 rings (SSSR count). The van der Waals surface area contributed by atoms with Crippen LogP contribution in [0.3, 0.4) is 0 Å². The lowest BCUT2D eigenvalue weighted by Gasteiger charge is -2.28. The Morgan fingerprint density at radius 2 is 2.00 bits per heavy atom. The molecule has 3 nitrogen and oxygen atoms in total. The molecule has 1 N–H and O–H groups in total. The van der Waals surface area contributed by atoms with E-state index in [1.165, 1.54) is 16.0 Å². The second-order valence-corrected chi connectivity index (χ2v) is 6.69. The van der Waals surface area contributed by atoms with Crippen molar-refractivity contribution in [3.63, 3.8) is 0 Å². The van der Waals surface area contributed by atoms with Crippen LogP contribution in [0.25, 0.3) is 10.2 Å². The van der Waals surface area contributed by atoms with Crippen LogP contribution in [0.4, 0.5) is 0 Å². The van der Waals surface area contributed by atoms with Gasteiger partial charge in [-0.2, -0.15) is 0 Å². The third-order valence-corrected chi connectivity index (χ3v) is 4.54. The van der Waals surface area contributed by atoms with E-state index in [9.17, 15) is 0 Å². The van der Waals surface area contributed by atoms with Crippen LogP contribution in [0.15, 0.2) is 12.4 Å². The second-order valence-electron chi connectivity index (χ2n) is 5.45. The first-order chi connectivity index (χ1) is 9.04. The molecule has 0 aliphatic rings. The summed E-state index contributed by atoms with van der Waals surface area (Å²) in [5.41, 5.74) is 1.19. The maximum atomic E-state index is 4.60. The lowest BCUT2D eigenvalue weighted by atomic mass is 9.85. The normalized spacial score (nSPS) is 15.1. The molecule has 2 heterocycles. The number of hydrogen-bond acceptors (Lipinski definition) is 4. The van der Waals surface area contributed by atoms with Crippen molar-refractivity contribution in [2.24, 2.45) is 5.92 Å². The first-order valence-electron chi connectivity index (χ1n) is 6.99. The van der Waals surface area contributed by atoms with Gasteiger partial charge in [-0.05, 0) is 32.4 Å². The fourth-order valence-electron chi connectivity index (χ4n) is 2.84. The number of aromatic nitrogens is 2. The van der Waals surface area contributed by atoms with E-state index in [4.69, 9.17) is 0 Å². The van der Waals surface area contributed by atoms with E-state index in [1.807, 2.05) is 0 Å². The largest absolute Gasteiger partial charge is 0.314 e. The van der Waals surface area contributed by atoms with Crippen LogP contribution in [-0.4, -0.2) is 22.6 Å². The predicted molar refractivity (Wildman–Crippen MR) is 82.9 cm³/mol. The summed E-state index contributed by atoms with van der Waals surface area (Å²) in [5.74, 6) is 0.965. The van der Waals surface area contributed by atoms with Gasteiger partial charge in [0.25, 0.3) is 0 Å². The number of nitrogens with zero attached hydrogens (tertiary/aromatic N) is 2. The van der Waals surface area contributed by atoms with Gasteiger partial charge in [0.1, 0.15) is 11.2 Å². The summed E-state index contributed by atoms with van der Waals surface area (Å²) >= 11 is 1.75. The van der Waals surface area contributed by atoms with Gasteiger partial charge in [-0.15, -0.1) is 11.3 Å². The Balaban J connectivity index is 2.49. The van der Waals surface area contributed by atoms with Crippen LogP contribution in [0.5, 0.6) is 0 Å². The molecule has 2 unspecified atom stereocenters. The Kier molecular flexibility index (Phi) is 4.53. The van der Waals surface area contributed by atoms with Gasteiger partial charge in [-0.3, -0.25) is 0 Å². The van der Waals surface area contributed by atoms with E-state index in [0.717, 1.165) is 11.4 Å². The summed E-state index contributed by atoms with van der Waals surface area (Å²) in [4.78, 5) is 11.4. The number of aryl methyl sites for hydroxylation is 1. The molecule has 0 aliphatic carbocycles.